The van der Waals surface area contributed by atoms with E-state index in [0.29, 0.717) is 23.5 Å². The number of hydrogen-bond donors (Lipinski definition) is 0. The van der Waals surface area contributed by atoms with Gasteiger partial charge in [0.1, 0.15) is 12.2 Å². The maximum Gasteiger partial charge on any atom is 0.247 e. The van der Waals surface area contributed by atoms with Gasteiger partial charge in [-0.25, -0.2) is 0 Å². The molecule has 0 aliphatic heterocycles. The Morgan fingerprint density at radius 3 is 2.38 bits per heavy atom. The van der Waals surface area contributed by atoms with Crippen LogP contribution in [-0.4, -0.2) is 26.4 Å². The number of rotatable bonds is 6. The lowest BCUT2D eigenvalue weighted by atomic mass is 10.1. The van der Waals surface area contributed by atoms with Crippen LogP contribution in [-0.2, 0) is 6.42 Å². The summed E-state index contributed by atoms with van der Waals surface area (Å²) in [6.45, 7) is 8.10. The second-order valence-electron chi connectivity index (χ2n) is 7.18. The van der Waals surface area contributed by atoms with Crippen molar-refractivity contribution in [1.82, 2.24) is 20.3 Å². The number of hydrogen-bond acceptors (Lipinski definition) is 7. The topological polar surface area (TPSA) is 87.1 Å². The van der Waals surface area contributed by atoms with Gasteiger partial charge < -0.3 is 13.7 Å². The Hall–Kier alpha value is -3.48. The number of ether oxygens (including phenoxy) is 1. The highest BCUT2D eigenvalue weighted by Gasteiger charge is 2.15. The average Bonchev–Trinajstić information content (AvgIpc) is 3.34. The molecule has 0 aliphatic carbocycles. The summed E-state index contributed by atoms with van der Waals surface area (Å²) in [5, 5.41) is 12.3. The van der Waals surface area contributed by atoms with Gasteiger partial charge in [0.2, 0.25) is 23.5 Å². The predicted molar refractivity (Wildman–Crippen MR) is 108 cm³/mol. The molecule has 0 fully saturated rings. The Bertz CT molecular complexity index is 1110. The zero-order valence-corrected chi connectivity index (χ0v) is 16.8. The number of nitrogens with zero attached hydrogens (tertiary/aromatic N) is 4. The molecule has 29 heavy (non-hydrogen) atoms. The summed E-state index contributed by atoms with van der Waals surface area (Å²) in [4.78, 5) is 4.43. The smallest absolute Gasteiger partial charge is 0.247 e. The van der Waals surface area contributed by atoms with Crippen LogP contribution < -0.4 is 4.74 Å². The highest BCUT2D eigenvalue weighted by atomic mass is 16.5. The first-order chi connectivity index (χ1) is 14.0. The summed E-state index contributed by atoms with van der Waals surface area (Å²) < 4.78 is 16.8. The van der Waals surface area contributed by atoms with Crippen LogP contribution in [0, 0.1) is 13.8 Å². The fourth-order valence-electron chi connectivity index (χ4n) is 2.84. The molecule has 0 radical (unpaired) electrons. The molecule has 7 nitrogen and oxygen atoms in total. The summed E-state index contributed by atoms with van der Waals surface area (Å²) in [6.07, 6.45) is 0.403. The van der Waals surface area contributed by atoms with Crippen LogP contribution in [0.1, 0.15) is 36.8 Å². The van der Waals surface area contributed by atoms with Crippen LogP contribution in [0.25, 0.3) is 22.8 Å². The minimum Gasteiger partial charge on any atom is -0.491 e. The SMILES string of the molecule is Cc1ccc(-c2nnc(Cc3nc(-c4ccc(OC(C)C)cc4)no3)o2)cc1C. The summed E-state index contributed by atoms with van der Waals surface area (Å²) in [7, 11) is 0. The zero-order valence-electron chi connectivity index (χ0n) is 16.8. The lowest BCUT2D eigenvalue weighted by Gasteiger charge is -2.09. The van der Waals surface area contributed by atoms with E-state index in [1.165, 1.54) is 11.1 Å². The molecule has 0 aliphatic rings. The van der Waals surface area contributed by atoms with E-state index in [-0.39, 0.29) is 12.5 Å². The van der Waals surface area contributed by atoms with E-state index in [0.717, 1.165) is 16.9 Å². The maximum absolute atomic E-state index is 5.77. The molecule has 0 amide bonds. The number of benzene rings is 2. The van der Waals surface area contributed by atoms with Gasteiger partial charge in [0, 0.05) is 11.1 Å². The van der Waals surface area contributed by atoms with E-state index in [1.54, 1.807) is 0 Å². The van der Waals surface area contributed by atoms with Gasteiger partial charge in [0.25, 0.3) is 0 Å². The molecule has 2 aromatic heterocycles. The standard InChI is InChI=1S/C22H22N4O3/c1-13(2)27-18-9-7-16(8-10-18)21-23-19(29-26-21)12-20-24-25-22(28-20)17-6-5-14(3)15(4)11-17/h5-11,13H,12H2,1-4H3. The first-order valence-corrected chi connectivity index (χ1v) is 9.47. The molecule has 4 rings (SSSR count). The van der Waals surface area contributed by atoms with Crippen molar-refractivity contribution >= 4 is 0 Å². The Balaban J connectivity index is 1.47. The van der Waals surface area contributed by atoms with Gasteiger partial charge in [-0.1, -0.05) is 11.2 Å². The lowest BCUT2D eigenvalue weighted by molar-refractivity contribution is 0.242. The van der Waals surface area contributed by atoms with Crippen molar-refractivity contribution in [2.24, 2.45) is 0 Å². The molecular weight excluding hydrogens is 368 g/mol. The molecule has 0 saturated carbocycles. The third kappa shape index (κ3) is 4.34. The molecule has 0 saturated heterocycles. The van der Waals surface area contributed by atoms with Crippen molar-refractivity contribution in [1.29, 1.82) is 0 Å². The van der Waals surface area contributed by atoms with Crippen molar-refractivity contribution in [2.75, 3.05) is 0 Å². The van der Waals surface area contributed by atoms with E-state index in [4.69, 9.17) is 13.7 Å². The molecule has 2 heterocycles. The van der Waals surface area contributed by atoms with Crippen LogP contribution >= 0.6 is 0 Å². The van der Waals surface area contributed by atoms with Gasteiger partial charge in [-0.05, 0) is 75.2 Å². The number of aryl methyl sites for hydroxylation is 2. The second kappa shape index (κ2) is 7.87. The van der Waals surface area contributed by atoms with E-state index in [9.17, 15) is 0 Å². The first kappa shape index (κ1) is 18.9. The van der Waals surface area contributed by atoms with Crippen LogP contribution in [0.15, 0.2) is 51.4 Å². The molecule has 0 atom stereocenters. The zero-order chi connectivity index (χ0) is 20.4. The normalized spacial score (nSPS) is 11.2. The largest absolute Gasteiger partial charge is 0.491 e. The lowest BCUT2D eigenvalue weighted by Crippen LogP contribution is -2.05. The molecule has 0 bridgehead atoms. The van der Waals surface area contributed by atoms with E-state index >= 15 is 0 Å². The Labute approximate surface area is 168 Å². The molecule has 0 N–H and O–H groups in total. The summed E-state index contributed by atoms with van der Waals surface area (Å²) in [5.74, 6) is 2.62. The fourth-order valence-corrected chi connectivity index (χ4v) is 2.84. The van der Waals surface area contributed by atoms with Gasteiger partial charge in [-0.15, -0.1) is 10.2 Å². The van der Waals surface area contributed by atoms with Crippen LogP contribution in [0.2, 0.25) is 0 Å². The van der Waals surface area contributed by atoms with Crippen molar-refractivity contribution in [3.05, 3.63) is 65.4 Å². The van der Waals surface area contributed by atoms with Gasteiger partial charge in [-0.3, -0.25) is 0 Å². The Kier molecular flexibility index (Phi) is 5.12. The van der Waals surface area contributed by atoms with Crippen molar-refractivity contribution < 1.29 is 13.7 Å². The first-order valence-electron chi connectivity index (χ1n) is 9.47. The van der Waals surface area contributed by atoms with Crippen LogP contribution in [0.4, 0.5) is 0 Å². The third-order valence-corrected chi connectivity index (χ3v) is 4.48. The average molecular weight is 390 g/mol. The summed E-state index contributed by atoms with van der Waals surface area (Å²) in [6, 6.07) is 13.6. The monoisotopic (exact) mass is 390 g/mol. The van der Waals surface area contributed by atoms with Crippen molar-refractivity contribution in [3.63, 3.8) is 0 Å². The van der Waals surface area contributed by atoms with Gasteiger partial charge >= 0.3 is 0 Å². The minimum atomic E-state index is 0.126. The van der Waals surface area contributed by atoms with Gasteiger partial charge in [-0.2, -0.15) is 4.98 Å². The summed E-state index contributed by atoms with van der Waals surface area (Å²) in [5.41, 5.74) is 4.13. The quantitative estimate of drug-likeness (QED) is 0.468. The third-order valence-electron chi connectivity index (χ3n) is 4.48. The minimum absolute atomic E-state index is 0.126. The van der Waals surface area contributed by atoms with E-state index < -0.39 is 0 Å². The van der Waals surface area contributed by atoms with E-state index in [2.05, 4.69) is 34.2 Å². The molecule has 4 aromatic rings. The molecule has 0 unspecified atom stereocenters. The fraction of sp³-hybridized carbons (Fsp3) is 0.273. The molecule has 0 spiro atoms. The predicted octanol–water partition coefficient (Wildman–Crippen LogP) is 4.78. The second-order valence-corrected chi connectivity index (χ2v) is 7.18. The number of aromatic nitrogens is 4. The van der Waals surface area contributed by atoms with Gasteiger partial charge in [0.15, 0.2) is 0 Å². The van der Waals surface area contributed by atoms with Crippen molar-refractivity contribution in [2.45, 2.75) is 40.2 Å². The highest BCUT2D eigenvalue weighted by Crippen LogP contribution is 2.23. The molecule has 2 aromatic carbocycles. The van der Waals surface area contributed by atoms with Crippen LogP contribution in [0.3, 0.4) is 0 Å². The van der Waals surface area contributed by atoms with Crippen LogP contribution in [0.5, 0.6) is 5.75 Å². The van der Waals surface area contributed by atoms with Gasteiger partial charge in [0.05, 0.1) is 6.10 Å². The highest BCUT2D eigenvalue weighted by molar-refractivity contribution is 5.56. The van der Waals surface area contributed by atoms with E-state index in [1.807, 2.05) is 56.3 Å². The summed E-state index contributed by atoms with van der Waals surface area (Å²) >= 11 is 0. The Morgan fingerprint density at radius 2 is 1.66 bits per heavy atom. The molecule has 7 heteroatoms. The molecular formula is C22H22N4O3. The van der Waals surface area contributed by atoms with Crippen molar-refractivity contribution in [3.8, 4) is 28.6 Å². The Morgan fingerprint density at radius 1 is 0.897 bits per heavy atom. The maximum atomic E-state index is 5.77. The molecule has 148 valence electrons.